The summed E-state index contributed by atoms with van der Waals surface area (Å²) >= 11 is 0. The van der Waals surface area contributed by atoms with Gasteiger partial charge in [0.1, 0.15) is 5.82 Å². The lowest BCUT2D eigenvalue weighted by Gasteiger charge is -2.34. The first-order valence-electron chi connectivity index (χ1n) is 8.10. The average Bonchev–Trinajstić information content (AvgIpc) is 2.56. The summed E-state index contributed by atoms with van der Waals surface area (Å²) in [5.74, 6) is 1.45. The van der Waals surface area contributed by atoms with Crippen molar-refractivity contribution in [1.82, 2.24) is 19.8 Å². The zero-order valence-electron chi connectivity index (χ0n) is 13.2. The minimum Gasteiger partial charge on any atom is -0.378 e. The summed E-state index contributed by atoms with van der Waals surface area (Å²) in [4.78, 5) is 25.3. The number of morpholine rings is 1. The third-order valence-electron chi connectivity index (χ3n) is 4.44. The summed E-state index contributed by atoms with van der Waals surface area (Å²) in [6.07, 6.45) is 4.08. The molecule has 1 aromatic heterocycles. The van der Waals surface area contributed by atoms with E-state index in [9.17, 15) is 4.79 Å². The van der Waals surface area contributed by atoms with Crippen molar-refractivity contribution in [1.29, 1.82) is 0 Å². The SMILES string of the molecule is Cc1nccc([C@@H]2CCCN(CC(=O)N3CCOCC3)C2)n1. The second-order valence-electron chi connectivity index (χ2n) is 6.10. The molecule has 0 radical (unpaired) electrons. The second-order valence-corrected chi connectivity index (χ2v) is 6.10. The van der Waals surface area contributed by atoms with Gasteiger partial charge < -0.3 is 9.64 Å². The summed E-state index contributed by atoms with van der Waals surface area (Å²) in [7, 11) is 0. The first-order chi connectivity index (χ1) is 10.7. The average molecular weight is 304 g/mol. The van der Waals surface area contributed by atoms with E-state index < -0.39 is 0 Å². The monoisotopic (exact) mass is 304 g/mol. The quantitative estimate of drug-likeness (QED) is 0.827. The highest BCUT2D eigenvalue weighted by Crippen LogP contribution is 2.25. The lowest BCUT2D eigenvalue weighted by molar-refractivity contribution is -0.136. The van der Waals surface area contributed by atoms with Gasteiger partial charge in [0.15, 0.2) is 0 Å². The van der Waals surface area contributed by atoms with Crippen LogP contribution in [0.25, 0.3) is 0 Å². The van der Waals surface area contributed by atoms with Gasteiger partial charge >= 0.3 is 0 Å². The summed E-state index contributed by atoms with van der Waals surface area (Å²) < 4.78 is 5.30. The van der Waals surface area contributed by atoms with E-state index in [-0.39, 0.29) is 5.91 Å². The zero-order chi connectivity index (χ0) is 15.4. The number of amides is 1. The fourth-order valence-electron chi connectivity index (χ4n) is 3.25. The number of likely N-dealkylation sites (tertiary alicyclic amines) is 1. The topological polar surface area (TPSA) is 58.6 Å². The van der Waals surface area contributed by atoms with Crippen molar-refractivity contribution >= 4 is 5.91 Å². The summed E-state index contributed by atoms with van der Waals surface area (Å²) in [6.45, 7) is 7.11. The number of carbonyl (C=O) groups is 1. The van der Waals surface area contributed by atoms with E-state index in [4.69, 9.17) is 4.74 Å². The molecule has 22 heavy (non-hydrogen) atoms. The Bertz CT molecular complexity index is 517. The van der Waals surface area contributed by atoms with Gasteiger partial charge in [-0.3, -0.25) is 9.69 Å². The molecular weight excluding hydrogens is 280 g/mol. The fraction of sp³-hybridized carbons (Fsp3) is 0.688. The number of carbonyl (C=O) groups excluding carboxylic acids is 1. The summed E-state index contributed by atoms with van der Waals surface area (Å²) in [5.41, 5.74) is 1.11. The van der Waals surface area contributed by atoms with E-state index in [1.54, 1.807) is 0 Å². The number of aromatic nitrogens is 2. The Labute approximate surface area is 131 Å². The highest BCUT2D eigenvalue weighted by atomic mass is 16.5. The predicted octanol–water partition coefficient (Wildman–Crippen LogP) is 0.823. The first kappa shape index (κ1) is 15.4. The minimum atomic E-state index is 0.225. The molecule has 0 aliphatic carbocycles. The lowest BCUT2D eigenvalue weighted by atomic mass is 9.94. The van der Waals surface area contributed by atoms with Crippen LogP contribution in [-0.4, -0.2) is 71.6 Å². The highest BCUT2D eigenvalue weighted by Gasteiger charge is 2.26. The van der Waals surface area contributed by atoms with Crippen molar-refractivity contribution in [3.8, 4) is 0 Å². The van der Waals surface area contributed by atoms with E-state index in [1.807, 2.05) is 24.1 Å². The van der Waals surface area contributed by atoms with Crippen molar-refractivity contribution in [2.24, 2.45) is 0 Å². The van der Waals surface area contributed by atoms with Crippen LogP contribution in [-0.2, 0) is 9.53 Å². The molecule has 0 saturated carbocycles. The Morgan fingerprint density at radius 1 is 1.36 bits per heavy atom. The van der Waals surface area contributed by atoms with E-state index in [2.05, 4.69) is 14.9 Å². The molecule has 2 saturated heterocycles. The number of hydrogen-bond donors (Lipinski definition) is 0. The maximum absolute atomic E-state index is 12.4. The van der Waals surface area contributed by atoms with E-state index in [0.717, 1.165) is 50.5 Å². The van der Waals surface area contributed by atoms with Crippen LogP contribution in [0.15, 0.2) is 12.3 Å². The van der Waals surface area contributed by atoms with Gasteiger partial charge in [-0.05, 0) is 32.4 Å². The normalized spacial score (nSPS) is 23.5. The van der Waals surface area contributed by atoms with Gasteiger partial charge in [0.25, 0.3) is 0 Å². The van der Waals surface area contributed by atoms with Crippen LogP contribution in [0.2, 0.25) is 0 Å². The van der Waals surface area contributed by atoms with Crippen LogP contribution in [0.3, 0.4) is 0 Å². The number of piperidine rings is 1. The number of aryl methyl sites for hydroxylation is 1. The first-order valence-corrected chi connectivity index (χ1v) is 8.10. The minimum absolute atomic E-state index is 0.225. The molecule has 1 atom stereocenters. The smallest absolute Gasteiger partial charge is 0.236 e. The summed E-state index contributed by atoms with van der Waals surface area (Å²) in [6, 6.07) is 2.00. The molecule has 0 spiro atoms. The molecule has 2 fully saturated rings. The molecule has 2 aliphatic rings. The molecular formula is C16H24N4O2. The molecule has 0 bridgehead atoms. The molecule has 0 aromatic carbocycles. The van der Waals surface area contributed by atoms with E-state index >= 15 is 0 Å². The van der Waals surface area contributed by atoms with Crippen LogP contribution < -0.4 is 0 Å². The Hall–Kier alpha value is -1.53. The molecule has 0 unspecified atom stereocenters. The number of nitrogens with zero attached hydrogens (tertiary/aromatic N) is 4. The Morgan fingerprint density at radius 3 is 2.95 bits per heavy atom. The van der Waals surface area contributed by atoms with Crippen LogP contribution in [0.4, 0.5) is 0 Å². The van der Waals surface area contributed by atoms with Gasteiger partial charge in [-0.2, -0.15) is 0 Å². The van der Waals surface area contributed by atoms with E-state index in [1.165, 1.54) is 0 Å². The van der Waals surface area contributed by atoms with Gasteiger partial charge in [-0.15, -0.1) is 0 Å². The van der Waals surface area contributed by atoms with Crippen LogP contribution in [0.5, 0.6) is 0 Å². The zero-order valence-corrected chi connectivity index (χ0v) is 13.2. The molecule has 6 heteroatoms. The second kappa shape index (κ2) is 7.15. The molecule has 0 N–H and O–H groups in total. The van der Waals surface area contributed by atoms with Gasteiger partial charge in [-0.1, -0.05) is 0 Å². The molecule has 6 nitrogen and oxygen atoms in total. The number of rotatable bonds is 3. The maximum atomic E-state index is 12.4. The number of ether oxygens (including phenoxy) is 1. The van der Waals surface area contributed by atoms with Crippen molar-refractivity contribution in [3.05, 3.63) is 23.8 Å². The van der Waals surface area contributed by atoms with Crippen molar-refractivity contribution in [2.45, 2.75) is 25.7 Å². The Balaban J connectivity index is 1.57. The summed E-state index contributed by atoms with van der Waals surface area (Å²) in [5, 5.41) is 0. The van der Waals surface area contributed by atoms with Gasteiger partial charge in [0.2, 0.25) is 5.91 Å². The van der Waals surface area contributed by atoms with Gasteiger partial charge in [0, 0.05) is 37.4 Å². The third-order valence-corrected chi connectivity index (χ3v) is 4.44. The molecule has 120 valence electrons. The van der Waals surface area contributed by atoms with Crippen LogP contribution >= 0.6 is 0 Å². The van der Waals surface area contributed by atoms with Gasteiger partial charge in [0.05, 0.1) is 19.8 Å². The lowest BCUT2D eigenvalue weighted by Crippen LogP contribution is -2.47. The van der Waals surface area contributed by atoms with Crippen LogP contribution in [0, 0.1) is 6.92 Å². The van der Waals surface area contributed by atoms with Crippen molar-refractivity contribution in [3.63, 3.8) is 0 Å². The van der Waals surface area contributed by atoms with Crippen LogP contribution in [0.1, 0.15) is 30.3 Å². The maximum Gasteiger partial charge on any atom is 0.236 e. The van der Waals surface area contributed by atoms with Crippen molar-refractivity contribution < 1.29 is 9.53 Å². The number of hydrogen-bond acceptors (Lipinski definition) is 5. The fourth-order valence-corrected chi connectivity index (χ4v) is 3.25. The highest BCUT2D eigenvalue weighted by molar-refractivity contribution is 5.78. The van der Waals surface area contributed by atoms with Gasteiger partial charge in [-0.25, -0.2) is 9.97 Å². The molecule has 3 rings (SSSR count). The van der Waals surface area contributed by atoms with E-state index in [0.29, 0.717) is 25.7 Å². The standard InChI is InChI=1S/C16H24N4O2/c1-13-17-5-4-15(18-13)14-3-2-6-19(11-14)12-16(21)20-7-9-22-10-8-20/h4-5,14H,2-3,6-12H2,1H3/t14-/m1/s1. The Morgan fingerprint density at radius 2 is 2.18 bits per heavy atom. The predicted molar refractivity (Wildman–Crippen MR) is 82.6 cm³/mol. The third kappa shape index (κ3) is 3.81. The largest absolute Gasteiger partial charge is 0.378 e. The van der Waals surface area contributed by atoms with Crippen molar-refractivity contribution in [2.75, 3.05) is 45.9 Å². The molecule has 3 heterocycles. The molecule has 2 aliphatic heterocycles. The Kier molecular flexibility index (Phi) is 5.00. The molecule has 1 aromatic rings. The molecule has 1 amide bonds.